The van der Waals surface area contributed by atoms with Crippen molar-refractivity contribution in [2.75, 3.05) is 13.1 Å². The number of benzene rings is 1. The van der Waals surface area contributed by atoms with Gasteiger partial charge in [-0.15, -0.1) is 0 Å². The summed E-state index contributed by atoms with van der Waals surface area (Å²) in [6.07, 6.45) is 2.69. The molecule has 0 aliphatic carbocycles. The Bertz CT molecular complexity index is 352. The summed E-state index contributed by atoms with van der Waals surface area (Å²) in [5.41, 5.74) is 1.71. The second-order valence-corrected chi connectivity index (χ2v) is 3.64. The third-order valence-electron chi connectivity index (χ3n) is 2.31. The maximum atomic E-state index is 12.9. The molecule has 1 aromatic carbocycles. The maximum absolute atomic E-state index is 12.9. The Morgan fingerprint density at radius 1 is 1.19 bits per heavy atom. The van der Waals surface area contributed by atoms with E-state index in [2.05, 4.69) is 5.32 Å². The fourth-order valence-electron chi connectivity index (χ4n) is 1.46. The van der Waals surface area contributed by atoms with Crippen molar-refractivity contribution in [3.8, 4) is 0 Å². The summed E-state index contributed by atoms with van der Waals surface area (Å²) in [7, 11) is 0. The Labute approximate surface area is 95.2 Å². The van der Waals surface area contributed by atoms with Gasteiger partial charge in [0.25, 0.3) is 0 Å². The highest BCUT2D eigenvalue weighted by atomic mass is 19.1. The van der Waals surface area contributed by atoms with Crippen molar-refractivity contribution < 1.29 is 8.78 Å². The lowest BCUT2D eigenvalue weighted by atomic mass is 10.1. The van der Waals surface area contributed by atoms with Crippen molar-refractivity contribution in [3.63, 3.8) is 0 Å². The van der Waals surface area contributed by atoms with E-state index in [4.69, 9.17) is 0 Å². The summed E-state index contributed by atoms with van der Waals surface area (Å²) >= 11 is 0. The fraction of sp³-hybridized carbons (Fsp3) is 0.385. The molecule has 1 nitrogen and oxygen atoms in total. The third kappa shape index (κ3) is 4.11. The monoisotopic (exact) mass is 225 g/mol. The maximum Gasteiger partial charge on any atom is 0.126 e. The molecule has 3 heteroatoms. The first-order chi connectivity index (χ1) is 7.65. The van der Waals surface area contributed by atoms with Crippen LogP contribution in [-0.4, -0.2) is 13.1 Å². The molecule has 0 aliphatic heterocycles. The molecule has 0 saturated carbocycles. The second kappa shape index (κ2) is 6.38. The van der Waals surface area contributed by atoms with Gasteiger partial charge in [-0.1, -0.05) is 25.5 Å². The predicted octanol–water partition coefficient (Wildman–Crippen LogP) is 3.37. The zero-order valence-corrected chi connectivity index (χ0v) is 9.69. The molecule has 88 valence electrons. The molecule has 1 rings (SSSR count). The van der Waals surface area contributed by atoms with Gasteiger partial charge in [0.05, 0.1) is 0 Å². The van der Waals surface area contributed by atoms with Crippen molar-refractivity contribution in [1.29, 1.82) is 0 Å². The molecule has 16 heavy (non-hydrogen) atoms. The van der Waals surface area contributed by atoms with E-state index in [9.17, 15) is 8.78 Å². The number of likely N-dealkylation sites (N-methyl/N-ethyl adjacent to an activating group) is 1. The van der Waals surface area contributed by atoms with Crippen molar-refractivity contribution >= 4 is 6.08 Å². The minimum Gasteiger partial charge on any atom is -0.313 e. The van der Waals surface area contributed by atoms with Gasteiger partial charge < -0.3 is 5.32 Å². The number of hydrogen-bond donors (Lipinski definition) is 1. The van der Waals surface area contributed by atoms with Gasteiger partial charge in [0.2, 0.25) is 0 Å². The van der Waals surface area contributed by atoms with Gasteiger partial charge in [0.1, 0.15) is 11.6 Å². The quantitative estimate of drug-likeness (QED) is 0.810. The standard InChI is InChI=1S/C13H17F2N/c1-3-10(9-16-4-2)5-11-6-12(14)8-13(15)7-11/h5-8,16H,3-4,9H2,1-2H3/b10-5+. The first-order valence-electron chi connectivity index (χ1n) is 5.52. The highest BCUT2D eigenvalue weighted by Gasteiger charge is 2.00. The number of nitrogens with one attached hydrogen (secondary N) is 1. The van der Waals surface area contributed by atoms with E-state index in [1.807, 2.05) is 19.9 Å². The largest absolute Gasteiger partial charge is 0.313 e. The zero-order valence-electron chi connectivity index (χ0n) is 9.69. The van der Waals surface area contributed by atoms with Gasteiger partial charge in [-0.05, 0) is 30.7 Å². The summed E-state index contributed by atoms with van der Waals surface area (Å²) in [4.78, 5) is 0. The second-order valence-electron chi connectivity index (χ2n) is 3.64. The van der Waals surface area contributed by atoms with Crippen molar-refractivity contribution in [2.24, 2.45) is 0 Å². The molecule has 0 saturated heterocycles. The summed E-state index contributed by atoms with van der Waals surface area (Å²) in [5, 5.41) is 3.19. The lowest BCUT2D eigenvalue weighted by Gasteiger charge is -2.05. The molecule has 0 heterocycles. The fourth-order valence-corrected chi connectivity index (χ4v) is 1.46. The first kappa shape index (κ1) is 12.8. The van der Waals surface area contributed by atoms with Crippen LogP contribution in [0.1, 0.15) is 25.8 Å². The number of hydrogen-bond acceptors (Lipinski definition) is 1. The minimum atomic E-state index is -0.537. The first-order valence-corrected chi connectivity index (χ1v) is 5.52. The van der Waals surface area contributed by atoms with Gasteiger partial charge in [0.15, 0.2) is 0 Å². The van der Waals surface area contributed by atoms with Crippen molar-refractivity contribution in [3.05, 3.63) is 41.0 Å². The van der Waals surface area contributed by atoms with Gasteiger partial charge in [0, 0.05) is 12.6 Å². The van der Waals surface area contributed by atoms with E-state index in [0.29, 0.717) is 5.56 Å². The molecule has 1 N–H and O–H groups in total. The SMILES string of the molecule is CCNC/C(=C/c1cc(F)cc(F)c1)CC. The molecular formula is C13H17F2N. The smallest absolute Gasteiger partial charge is 0.126 e. The van der Waals surface area contributed by atoms with E-state index in [1.54, 1.807) is 0 Å². The molecule has 0 bridgehead atoms. The molecule has 0 atom stereocenters. The molecule has 0 aliphatic rings. The lowest BCUT2D eigenvalue weighted by molar-refractivity contribution is 0.583. The van der Waals surface area contributed by atoms with E-state index >= 15 is 0 Å². The van der Waals surface area contributed by atoms with Crippen LogP contribution in [-0.2, 0) is 0 Å². The van der Waals surface area contributed by atoms with E-state index < -0.39 is 11.6 Å². The molecule has 0 aromatic heterocycles. The van der Waals surface area contributed by atoms with Gasteiger partial charge >= 0.3 is 0 Å². The van der Waals surface area contributed by atoms with Crippen LogP contribution in [0, 0.1) is 11.6 Å². The molecule has 1 aromatic rings. The Morgan fingerprint density at radius 3 is 2.31 bits per heavy atom. The number of halogens is 2. The number of rotatable bonds is 5. The Kier molecular flexibility index (Phi) is 5.12. The minimum absolute atomic E-state index is 0.537. The highest BCUT2D eigenvalue weighted by Crippen LogP contribution is 2.13. The van der Waals surface area contributed by atoms with Gasteiger partial charge in [-0.2, -0.15) is 0 Å². The summed E-state index contributed by atoms with van der Waals surface area (Å²) in [6, 6.07) is 3.56. The predicted molar refractivity (Wildman–Crippen MR) is 63.2 cm³/mol. The summed E-state index contributed by atoms with van der Waals surface area (Å²) in [6.45, 7) is 5.69. The van der Waals surface area contributed by atoms with Crippen molar-refractivity contribution in [1.82, 2.24) is 5.32 Å². The van der Waals surface area contributed by atoms with Crippen LogP contribution >= 0.6 is 0 Å². The molecule has 0 spiro atoms. The van der Waals surface area contributed by atoms with Crippen LogP contribution in [0.15, 0.2) is 23.8 Å². The van der Waals surface area contributed by atoms with Crippen LogP contribution < -0.4 is 5.32 Å². The lowest BCUT2D eigenvalue weighted by Crippen LogP contribution is -2.15. The van der Waals surface area contributed by atoms with Crippen molar-refractivity contribution in [2.45, 2.75) is 20.3 Å². The average Bonchev–Trinajstić information content (AvgIpc) is 2.22. The Hall–Kier alpha value is -1.22. The zero-order chi connectivity index (χ0) is 12.0. The topological polar surface area (TPSA) is 12.0 Å². The molecule has 0 unspecified atom stereocenters. The summed E-state index contributed by atoms with van der Waals surface area (Å²) in [5.74, 6) is -1.07. The summed E-state index contributed by atoms with van der Waals surface area (Å²) < 4.78 is 25.9. The Morgan fingerprint density at radius 2 is 1.81 bits per heavy atom. The van der Waals surface area contributed by atoms with Crippen LogP contribution in [0.5, 0.6) is 0 Å². The third-order valence-corrected chi connectivity index (χ3v) is 2.31. The van der Waals surface area contributed by atoms with Crippen LogP contribution in [0.3, 0.4) is 0 Å². The van der Waals surface area contributed by atoms with Crippen LogP contribution in [0.25, 0.3) is 6.08 Å². The van der Waals surface area contributed by atoms with E-state index in [1.165, 1.54) is 12.1 Å². The molecule has 0 fully saturated rings. The van der Waals surface area contributed by atoms with Crippen LogP contribution in [0.4, 0.5) is 8.78 Å². The molecule has 0 amide bonds. The Balaban J connectivity index is 2.85. The normalized spacial score (nSPS) is 11.9. The van der Waals surface area contributed by atoms with Crippen LogP contribution in [0.2, 0.25) is 0 Å². The van der Waals surface area contributed by atoms with E-state index in [0.717, 1.165) is 31.1 Å². The van der Waals surface area contributed by atoms with E-state index in [-0.39, 0.29) is 0 Å². The average molecular weight is 225 g/mol. The van der Waals surface area contributed by atoms with Gasteiger partial charge in [-0.3, -0.25) is 0 Å². The molecule has 0 radical (unpaired) electrons. The highest BCUT2D eigenvalue weighted by molar-refractivity contribution is 5.53. The van der Waals surface area contributed by atoms with Gasteiger partial charge in [-0.25, -0.2) is 8.78 Å². The molecular weight excluding hydrogens is 208 g/mol.